The highest BCUT2D eigenvalue weighted by Crippen LogP contribution is 2.11. The third-order valence-corrected chi connectivity index (χ3v) is 2.31. The van der Waals surface area contributed by atoms with Gasteiger partial charge in [0.15, 0.2) is 0 Å². The van der Waals surface area contributed by atoms with Gasteiger partial charge in [-0.15, -0.1) is 0 Å². The van der Waals surface area contributed by atoms with E-state index in [9.17, 15) is 4.79 Å². The zero-order valence-corrected chi connectivity index (χ0v) is 10.0. The summed E-state index contributed by atoms with van der Waals surface area (Å²) < 4.78 is 0. The third-order valence-electron chi connectivity index (χ3n) is 2.31. The Balaban J connectivity index is 3.92. The van der Waals surface area contributed by atoms with Gasteiger partial charge in [0.1, 0.15) is 0 Å². The van der Waals surface area contributed by atoms with Crippen LogP contribution in [0.2, 0.25) is 0 Å². The number of nitrogens with zero attached hydrogens (tertiary/aromatic N) is 1. The molecule has 0 spiro atoms. The summed E-state index contributed by atoms with van der Waals surface area (Å²) in [5.74, 6) is 0.208. The van der Waals surface area contributed by atoms with Gasteiger partial charge in [-0.05, 0) is 19.8 Å². The maximum absolute atomic E-state index is 11.4. The molecule has 0 aliphatic rings. The van der Waals surface area contributed by atoms with E-state index in [1.54, 1.807) is 13.8 Å². The van der Waals surface area contributed by atoms with Gasteiger partial charge in [0, 0.05) is 19.0 Å². The first-order chi connectivity index (χ1) is 6.78. The molecule has 1 unspecified atom stereocenters. The normalized spacial score (nSPS) is 13.4. The van der Waals surface area contributed by atoms with Crippen LogP contribution in [-0.2, 0) is 4.79 Å². The van der Waals surface area contributed by atoms with Gasteiger partial charge in [0.2, 0.25) is 5.91 Å². The minimum atomic E-state index is -0.516. The Kier molecular flexibility index (Phi) is 5.31. The van der Waals surface area contributed by atoms with E-state index in [0.717, 1.165) is 0 Å². The van der Waals surface area contributed by atoms with Crippen LogP contribution in [0.5, 0.6) is 0 Å². The van der Waals surface area contributed by atoms with Crippen LogP contribution < -0.4 is 11.1 Å². The highest BCUT2D eigenvalue weighted by atomic mass is 16.1. The lowest BCUT2D eigenvalue weighted by atomic mass is 9.95. The molecule has 1 atom stereocenters. The Morgan fingerprint density at radius 3 is 2.47 bits per heavy atom. The first kappa shape index (κ1) is 13.9. The number of nitrogens with two attached hydrogens (primary N) is 1. The summed E-state index contributed by atoms with van der Waals surface area (Å²) in [6.07, 6.45) is 0.319. The second kappa shape index (κ2) is 5.72. The van der Waals surface area contributed by atoms with Crippen molar-refractivity contribution in [2.45, 2.75) is 40.2 Å². The molecule has 0 saturated heterocycles. The van der Waals surface area contributed by atoms with Crippen molar-refractivity contribution in [3.63, 3.8) is 0 Å². The maximum atomic E-state index is 11.4. The van der Waals surface area contributed by atoms with Crippen molar-refractivity contribution < 1.29 is 4.79 Å². The predicted molar refractivity (Wildman–Crippen MR) is 59.8 cm³/mol. The SMILES string of the molecule is CC(C)C(N)CC(=O)NCC(C)(C)C#N. The molecule has 4 heteroatoms. The van der Waals surface area contributed by atoms with Crippen LogP contribution in [0.1, 0.15) is 34.1 Å². The third kappa shape index (κ3) is 6.08. The Hall–Kier alpha value is -1.08. The van der Waals surface area contributed by atoms with Gasteiger partial charge >= 0.3 is 0 Å². The number of rotatable bonds is 5. The van der Waals surface area contributed by atoms with E-state index in [4.69, 9.17) is 11.0 Å². The Morgan fingerprint density at radius 2 is 2.07 bits per heavy atom. The van der Waals surface area contributed by atoms with Crippen LogP contribution in [0.4, 0.5) is 0 Å². The molecule has 4 nitrogen and oxygen atoms in total. The van der Waals surface area contributed by atoms with E-state index >= 15 is 0 Å². The lowest BCUT2D eigenvalue weighted by Crippen LogP contribution is -2.38. The number of hydrogen-bond acceptors (Lipinski definition) is 3. The monoisotopic (exact) mass is 211 g/mol. The minimum absolute atomic E-state index is 0.0838. The fraction of sp³-hybridized carbons (Fsp3) is 0.818. The van der Waals surface area contributed by atoms with Crippen LogP contribution in [0.3, 0.4) is 0 Å². The lowest BCUT2D eigenvalue weighted by molar-refractivity contribution is -0.121. The van der Waals surface area contributed by atoms with Gasteiger partial charge in [-0.3, -0.25) is 4.79 Å². The summed E-state index contributed by atoms with van der Waals surface area (Å²) in [5, 5.41) is 11.5. The van der Waals surface area contributed by atoms with Crippen molar-refractivity contribution in [2.75, 3.05) is 6.54 Å². The number of carbonyl (C=O) groups excluding carboxylic acids is 1. The van der Waals surface area contributed by atoms with E-state index < -0.39 is 5.41 Å². The molecule has 1 amide bonds. The molecule has 0 aliphatic carbocycles. The van der Waals surface area contributed by atoms with E-state index in [2.05, 4.69) is 11.4 Å². The lowest BCUT2D eigenvalue weighted by Gasteiger charge is -2.18. The molecule has 0 heterocycles. The van der Waals surface area contributed by atoms with Gasteiger partial charge in [0.05, 0.1) is 11.5 Å². The summed E-state index contributed by atoms with van der Waals surface area (Å²) in [4.78, 5) is 11.4. The first-order valence-electron chi connectivity index (χ1n) is 5.22. The molecule has 86 valence electrons. The summed E-state index contributed by atoms with van der Waals surface area (Å²) >= 11 is 0. The predicted octanol–water partition coefficient (Wildman–Crippen LogP) is 1.03. The average molecular weight is 211 g/mol. The molecule has 0 aromatic heterocycles. The molecular formula is C11H21N3O. The summed E-state index contributed by atoms with van der Waals surface area (Å²) in [6, 6.07) is 2.01. The quantitative estimate of drug-likeness (QED) is 0.712. The van der Waals surface area contributed by atoms with E-state index in [1.165, 1.54) is 0 Å². The highest BCUT2D eigenvalue weighted by molar-refractivity contribution is 5.76. The number of nitrogens with one attached hydrogen (secondary N) is 1. The van der Waals surface area contributed by atoms with Crippen molar-refractivity contribution in [3.8, 4) is 6.07 Å². The maximum Gasteiger partial charge on any atom is 0.221 e. The number of amides is 1. The van der Waals surface area contributed by atoms with Crippen molar-refractivity contribution in [3.05, 3.63) is 0 Å². The fourth-order valence-corrected chi connectivity index (χ4v) is 0.881. The standard InChI is InChI=1S/C11H21N3O/c1-8(2)9(13)5-10(15)14-7-11(3,4)6-12/h8-9H,5,7,13H2,1-4H3,(H,14,15). The van der Waals surface area contributed by atoms with Gasteiger partial charge in [0.25, 0.3) is 0 Å². The Bertz CT molecular complexity index is 253. The van der Waals surface area contributed by atoms with Gasteiger partial charge < -0.3 is 11.1 Å². The summed E-state index contributed by atoms with van der Waals surface area (Å²) in [5.41, 5.74) is 5.25. The smallest absolute Gasteiger partial charge is 0.221 e. The van der Waals surface area contributed by atoms with Crippen LogP contribution in [0, 0.1) is 22.7 Å². The second-order valence-electron chi connectivity index (χ2n) is 4.88. The molecule has 0 bridgehead atoms. The summed E-state index contributed by atoms with van der Waals surface area (Å²) in [7, 11) is 0. The summed E-state index contributed by atoms with van der Waals surface area (Å²) in [6.45, 7) is 7.91. The highest BCUT2D eigenvalue weighted by Gasteiger charge is 2.19. The molecule has 0 aromatic carbocycles. The van der Waals surface area contributed by atoms with E-state index in [-0.39, 0.29) is 11.9 Å². The van der Waals surface area contributed by atoms with E-state index in [0.29, 0.717) is 18.9 Å². The van der Waals surface area contributed by atoms with Crippen LogP contribution in [0.25, 0.3) is 0 Å². The molecule has 0 fully saturated rings. The second-order valence-corrected chi connectivity index (χ2v) is 4.88. The molecule has 0 saturated carbocycles. The van der Waals surface area contributed by atoms with Gasteiger partial charge in [-0.25, -0.2) is 0 Å². The molecule has 0 rings (SSSR count). The van der Waals surface area contributed by atoms with Crippen LogP contribution in [0.15, 0.2) is 0 Å². The largest absolute Gasteiger partial charge is 0.354 e. The van der Waals surface area contributed by atoms with Crippen molar-refractivity contribution in [1.29, 1.82) is 5.26 Å². The average Bonchev–Trinajstić information content (AvgIpc) is 2.15. The molecule has 0 aromatic rings. The zero-order valence-electron chi connectivity index (χ0n) is 10.0. The molecule has 0 radical (unpaired) electrons. The van der Waals surface area contributed by atoms with Gasteiger partial charge in [-0.2, -0.15) is 5.26 Å². The Labute approximate surface area is 91.8 Å². The molecule has 15 heavy (non-hydrogen) atoms. The van der Waals surface area contributed by atoms with Crippen molar-refractivity contribution >= 4 is 5.91 Å². The molecular weight excluding hydrogens is 190 g/mol. The minimum Gasteiger partial charge on any atom is -0.354 e. The molecule has 3 N–H and O–H groups in total. The topological polar surface area (TPSA) is 78.9 Å². The van der Waals surface area contributed by atoms with Crippen LogP contribution >= 0.6 is 0 Å². The number of hydrogen-bond donors (Lipinski definition) is 2. The fourth-order valence-electron chi connectivity index (χ4n) is 0.881. The number of nitriles is 1. The number of carbonyl (C=O) groups is 1. The van der Waals surface area contributed by atoms with Crippen LogP contribution in [-0.4, -0.2) is 18.5 Å². The zero-order chi connectivity index (χ0) is 12.1. The van der Waals surface area contributed by atoms with Gasteiger partial charge in [-0.1, -0.05) is 13.8 Å². The molecule has 0 aliphatic heterocycles. The first-order valence-corrected chi connectivity index (χ1v) is 5.22. The Morgan fingerprint density at radius 1 is 1.53 bits per heavy atom. The van der Waals surface area contributed by atoms with Crippen molar-refractivity contribution in [2.24, 2.45) is 17.1 Å². The van der Waals surface area contributed by atoms with Crippen molar-refractivity contribution in [1.82, 2.24) is 5.32 Å². The van der Waals surface area contributed by atoms with E-state index in [1.807, 2.05) is 13.8 Å².